The van der Waals surface area contributed by atoms with Crippen LogP contribution in [0.3, 0.4) is 0 Å². The van der Waals surface area contributed by atoms with Crippen LogP contribution in [0.5, 0.6) is 0 Å². The van der Waals surface area contributed by atoms with Crippen molar-refractivity contribution in [3.8, 4) is 0 Å². The quantitative estimate of drug-likeness (QED) is 0.248. The first-order valence-electron chi connectivity index (χ1n) is 13.4. The van der Waals surface area contributed by atoms with E-state index in [-0.39, 0.29) is 6.42 Å². The van der Waals surface area contributed by atoms with Gasteiger partial charge in [-0.2, -0.15) is 0 Å². The highest BCUT2D eigenvalue weighted by molar-refractivity contribution is 5.82. The Morgan fingerprint density at radius 3 is 1.58 bits per heavy atom. The second-order valence-corrected chi connectivity index (χ2v) is 11.6. The molecule has 1 aliphatic rings. The van der Waals surface area contributed by atoms with E-state index in [0.717, 1.165) is 0 Å². The van der Waals surface area contributed by atoms with Gasteiger partial charge in [-0.1, -0.05) is 0 Å². The highest BCUT2D eigenvalue weighted by Crippen LogP contribution is 2.14. The first-order valence-corrected chi connectivity index (χ1v) is 13.4. The minimum Gasteiger partial charge on any atom is -0.469 e. The molecule has 12 heteroatoms. The van der Waals surface area contributed by atoms with Crippen molar-refractivity contribution < 1.29 is 38.7 Å². The number of aliphatic hydroxyl groups excluding tert-OH is 2. The molecule has 0 bridgehead atoms. The monoisotopic (exact) mass is 548 g/mol. The average Bonchev–Trinajstić information content (AvgIpc) is 2.77. The summed E-state index contributed by atoms with van der Waals surface area (Å²) in [6.07, 6.45) is -2.08. The Kier molecular flexibility index (Phi) is 15.2. The molecule has 0 aliphatic carbocycles. The third kappa shape index (κ3) is 15.3. The molecule has 3 N–H and O–H groups in total. The number of esters is 2. The van der Waals surface area contributed by atoms with Gasteiger partial charge in [-0.3, -0.25) is 24.3 Å². The zero-order valence-electron chi connectivity index (χ0n) is 24.7. The first-order chi connectivity index (χ1) is 17.6. The van der Waals surface area contributed by atoms with Crippen LogP contribution in [0.2, 0.25) is 0 Å². The Bertz CT molecular complexity index is 660. The summed E-state index contributed by atoms with van der Waals surface area (Å²) >= 11 is 0. The number of aliphatic hydroxyl groups is 2. The molecule has 0 aromatic carbocycles. The molecule has 12 nitrogen and oxygen atoms in total. The lowest BCUT2D eigenvalue weighted by Crippen LogP contribution is -2.52. The van der Waals surface area contributed by atoms with Crippen LogP contribution < -0.4 is 5.32 Å². The number of nitrogens with zero attached hydrogens (tertiary/aromatic N) is 3. The van der Waals surface area contributed by atoms with Crippen molar-refractivity contribution >= 4 is 11.9 Å². The number of carbonyl (C=O) groups is 2. The van der Waals surface area contributed by atoms with E-state index in [1.807, 2.05) is 46.4 Å². The maximum atomic E-state index is 12.7. The molecule has 38 heavy (non-hydrogen) atoms. The zero-order valence-corrected chi connectivity index (χ0v) is 24.7. The van der Waals surface area contributed by atoms with Gasteiger partial charge < -0.3 is 34.5 Å². The van der Waals surface area contributed by atoms with E-state index in [2.05, 4.69) is 15.1 Å². The fourth-order valence-corrected chi connectivity index (χ4v) is 4.22. The molecule has 0 amide bonds. The molecular weight excluding hydrogens is 496 g/mol. The number of β-amino-alcohol motifs (C(OH)–C–C–N with tert-alkyl or cyclic N) is 2. The molecule has 3 atom stereocenters. The Morgan fingerprint density at radius 1 is 0.763 bits per heavy atom. The number of rotatable bonds is 10. The van der Waals surface area contributed by atoms with Gasteiger partial charge in [0.05, 0.1) is 31.8 Å². The standard InChI is InChI=1S/C26H52N4O8/c1-25(2,3)37-22(32)18-28-11-9-27-10-12-29(19-23(33)38-26(4,5)6)14-16-30(15-13-28)20(24(34)36-8)17-21(31)35-7/h20,22-23,27,32-33H,9-19H2,1-8H3. The van der Waals surface area contributed by atoms with Gasteiger partial charge in [-0.05, 0) is 41.5 Å². The van der Waals surface area contributed by atoms with E-state index in [4.69, 9.17) is 18.9 Å². The predicted octanol–water partition coefficient (Wildman–Crippen LogP) is -0.133. The molecule has 1 heterocycles. The molecule has 0 aromatic heterocycles. The third-order valence-corrected chi connectivity index (χ3v) is 5.93. The number of nitrogens with one attached hydrogen (secondary N) is 1. The van der Waals surface area contributed by atoms with Gasteiger partial charge in [0, 0.05) is 65.4 Å². The van der Waals surface area contributed by atoms with Gasteiger partial charge in [0.15, 0.2) is 12.6 Å². The molecular formula is C26H52N4O8. The largest absolute Gasteiger partial charge is 0.469 e. The molecule has 1 rings (SSSR count). The van der Waals surface area contributed by atoms with Crippen LogP contribution >= 0.6 is 0 Å². The van der Waals surface area contributed by atoms with E-state index in [1.165, 1.54) is 14.2 Å². The Balaban J connectivity index is 3.09. The Labute approximate surface area is 228 Å². The maximum absolute atomic E-state index is 12.7. The minimum atomic E-state index is -0.970. The van der Waals surface area contributed by atoms with Crippen molar-refractivity contribution in [3.63, 3.8) is 0 Å². The van der Waals surface area contributed by atoms with Gasteiger partial charge in [-0.25, -0.2) is 0 Å². The number of ether oxygens (including phenoxy) is 4. The fourth-order valence-electron chi connectivity index (χ4n) is 4.22. The summed E-state index contributed by atoms with van der Waals surface area (Å²) < 4.78 is 21.3. The molecule has 0 spiro atoms. The number of hydrogen-bond acceptors (Lipinski definition) is 12. The summed E-state index contributed by atoms with van der Waals surface area (Å²) in [5, 5.41) is 24.4. The van der Waals surface area contributed by atoms with Crippen LogP contribution in [0, 0.1) is 0 Å². The lowest BCUT2D eigenvalue weighted by molar-refractivity contribution is -0.174. The third-order valence-electron chi connectivity index (χ3n) is 5.93. The van der Waals surface area contributed by atoms with E-state index < -0.39 is 41.8 Å². The second-order valence-electron chi connectivity index (χ2n) is 11.6. The molecule has 224 valence electrons. The highest BCUT2D eigenvalue weighted by atomic mass is 16.6. The lowest BCUT2D eigenvalue weighted by Gasteiger charge is -2.36. The van der Waals surface area contributed by atoms with Crippen LogP contribution in [-0.2, 0) is 28.5 Å². The first kappa shape index (κ1) is 34.6. The second kappa shape index (κ2) is 16.7. The van der Waals surface area contributed by atoms with Gasteiger partial charge in [-0.15, -0.1) is 0 Å². The average molecular weight is 549 g/mol. The normalized spacial score (nSPS) is 20.6. The van der Waals surface area contributed by atoms with E-state index >= 15 is 0 Å². The van der Waals surface area contributed by atoms with Crippen LogP contribution in [0.4, 0.5) is 0 Å². The van der Waals surface area contributed by atoms with Crippen molar-refractivity contribution in [2.45, 2.75) is 77.8 Å². The van der Waals surface area contributed by atoms with Gasteiger partial charge in [0.25, 0.3) is 0 Å². The fraction of sp³-hybridized carbons (Fsp3) is 0.923. The summed E-state index contributed by atoms with van der Waals surface area (Å²) in [4.78, 5) is 31.0. The van der Waals surface area contributed by atoms with Crippen molar-refractivity contribution in [1.29, 1.82) is 0 Å². The summed E-state index contributed by atoms with van der Waals surface area (Å²) in [5.74, 6) is -1.03. The highest BCUT2D eigenvalue weighted by Gasteiger charge is 2.31. The Hall–Kier alpha value is -1.38. The molecule has 0 aromatic rings. The number of methoxy groups -OCH3 is 2. The van der Waals surface area contributed by atoms with Crippen molar-refractivity contribution in [1.82, 2.24) is 20.0 Å². The number of hydrogen-bond donors (Lipinski definition) is 3. The summed E-state index contributed by atoms with van der Waals surface area (Å²) in [5.41, 5.74) is -0.977. The summed E-state index contributed by atoms with van der Waals surface area (Å²) in [6, 6.07) is -0.830. The molecule has 1 saturated heterocycles. The zero-order chi connectivity index (χ0) is 28.9. The predicted molar refractivity (Wildman–Crippen MR) is 143 cm³/mol. The molecule has 0 radical (unpaired) electrons. The topological polar surface area (TPSA) is 133 Å². The van der Waals surface area contributed by atoms with Crippen molar-refractivity contribution in [2.24, 2.45) is 0 Å². The van der Waals surface area contributed by atoms with E-state index in [9.17, 15) is 19.8 Å². The van der Waals surface area contributed by atoms with Crippen LogP contribution in [0.25, 0.3) is 0 Å². The minimum absolute atomic E-state index is 0.143. The van der Waals surface area contributed by atoms with Crippen molar-refractivity contribution in [2.75, 3.05) is 79.7 Å². The summed E-state index contributed by atoms with van der Waals surface area (Å²) in [7, 11) is 2.59. The molecule has 3 unspecified atom stereocenters. The summed E-state index contributed by atoms with van der Waals surface area (Å²) in [6.45, 7) is 16.5. The number of carbonyl (C=O) groups excluding carboxylic acids is 2. The van der Waals surface area contributed by atoms with E-state index in [0.29, 0.717) is 65.4 Å². The van der Waals surface area contributed by atoms with Crippen LogP contribution in [0.1, 0.15) is 48.0 Å². The molecule has 1 fully saturated rings. The van der Waals surface area contributed by atoms with Gasteiger partial charge in [0.1, 0.15) is 6.04 Å². The SMILES string of the molecule is COC(=O)CC(C(=O)OC)N1CCN(CC(O)OC(C)(C)C)CCNCCN(CC(O)OC(C)(C)C)CC1. The smallest absolute Gasteiger partial charge is 0.323 e. The van der Waals surface area contributed by atoms with Crippen LogP contribution in [-0.4, -0.2) is 146 Å². The lowest BCUT2D eigenvalue weighted by atomic mass is 10.1. The molecule has 1 aliphatic heterocycles. The van der Waals surface area contributed by atoms with Gasteiger partial charge >= 0.3 is 11.9 Å². The molecule has 0 saturated carbocycles. The van der Waals surface area contributed by atoms with Crippen LogP contribution in [0.15, 0.2) is 0 Å². The van der Waals surface area contributed by atoms with Crippen molar-refractivity contribution in [3.05, 3.63) is 0 Å². The maximum Gasteiger partial charge on any atom is 0.323 e. The van der Waals surface area contributed by atoms with E-state index in [1.54, 1.807) is 0 Å². The Morgan fingerprint density at radius 2 is 1.21 bits per heavy atom. The van der Waals surface area contributed by atoms with Gasteiger partial charge in [0.2, 0.25) is 0 Å².